The molecule has 0 amide bonds. The van der Waals surface area contributed by atoms with Gasteiger partial charge in [0.2, 0.25) is 5.71 Å². The van der Waals surface area contributed by atoms with Crippen molar-refractivity contribution in [2.45, 2.75) is 9.79 Å². The molecule has 0 fully saturated rings. The Kier molecular flexibility index (Phi) is 5.49. The van der Waals surface area contributed by atoms with Gasteiger partial charge in [-0.25, -0.2) is 0 Å². The predicted molar refractivity (Wildman–Crippen MR) is 92.2 cm³/mol. The summed E-state index contributed by atoms with van der Waals surface area (Å²) in [5, 5.41) is 30.8. The fourth-order valence-electron chi connectivity index (χ4n) is 1.70. The van der Waals surface area contributed by atoms with Crippen molar-refractivity contribution in [1.29, 1.82) is 10.7 Å². The summed E-state index contributed by atoms with van der Waals surface area (Å²) < 4.78 is 0. The summed E-state index contributed by atoms with van der Waals surface area (Å²) in [6.45, 7) is 0. The van der Waals surface area contributed by atoms with E-state index in [2.05, 4.69) is 10.5 Å². The van der Waals surface area contributed by atoms with Gasteiger partial charge in [0.25, 0.3) is 5.69 Å². The van der Waals surface area contributed by atoms with Gasteiger partial charge in [0, 0.05) is 21.9 Å². The Morgan fingerprint density at radius 3 is 2.58 bits per heavy atom. The summed E-state index contributed by atoms with van der Waals surface area (Å²) >= 11 is 1.35. The number of anilines is 1. The lowest BCUT2D eigenvalue weighted by Crippen LogP contribution is -2.21. The molecule has 2 rings (SSSR count). The first-order valence-electron chi connectivity index (χ1n) is 6.60. The topological polar surface area (TPSA) is 141 Å². The van der Waals surface area contributed by atoms with Crippen molar-refractivity contribution in [2.24, 2.45) is 10.8 Å². The van der Waals surface area contributed by atoms with Crippen LogP contribution in [0.15, 0.2) is 63.4 Å². The quantitative estimate of drug-likeness (QED) is 0.319. The molecular weight excluding hydrogens is 328 g/mol. The van der Waals surface area contributed by atoms with Crippen LogP contribution in [-0.4, -0.2) is 16.5 Å². The zero-order chi connectivity index (χ0) is 17.5. The van der Waals surface area contributed by atoms with E-state index in [4.69, 9.17) is 16.4 Å². The lowest BCUT2D eigenvalue weighted by atomic mass is 10.3. The maximum Gasteiger partial charge on any atom is 0.272 e. The zero-order valence-electron chi connectivity index (χ0n) is 12.3. The van der Waals surface area contributed by atoms with E-state index in [1.165, 1.54) is 23.9 Å². The van der Waals surface area contributed by atoms with E-state index < -0.39 is 10.8 Å². The Morgan fingerprint density at radius 2 is 2.00 bits per heavy atom. The monoisotopic (exact) mass is 340 g/mol. The number of nitriles is 1. The van der Waals surface area contributed by atoms with Gasteiger partial charge in [-0.1, -0.05) is 30.0 Å². The fraction of sp³-hybridized carbons (Fsp3) is 0. The van der Waals surface area contributed by atoms with Gasteiger partial charge in [-0.3, -0.25) is 20.9 Å². The van der Waals surface area contributed by atoms with Gasteiger partial charge in [0.05, 0.1) is 10.6 Å². The van der Waals surface area contributed by atoms with Gasteiger partial charge in [0.15, 0.2) is 5.84 Å². The largest absolute Gasteiger partial charge is 0.382 e. The third kappa shape index (κ3) is 4.56. The number of nitrogens with two attached hydrogens (primary N) is 1. The molecule has 0 bridgehead atoms. The Morgan fingerprint density at radius 1 is 1.29 bits per heavy atom. The maximum atomic E-state index is 11.1. The number of hydrogen-bond donors (Lipinski definition) is 3. The number of hydrogen-bond acceptors (Lipinski definition) is 7. The van der Waals surface area contributed by atoms with E-state index in [0.29, 0.717) is 10.6 Å². The van der Waals surface area contributed by atoms with Crippen molar-refractivity contribution in [2.75, 3.05) is 5.43 Å². The standard InChI is InChI=1S/C15H12N6O2S/c16-9-14(15(17)18)20-19-10-6-11(21(22)23)8-13(7-10)24-12-4-2-1-3-5-12/h1-8,19H,(H3,17,18)/b20-14+. The molecule has 24 heavy (non-hydrogen) atoms. The Balaban J connectivity index is 2.33. The van der Waals surface area contributed by atoms with Crippen molar-refractivity contribution in [1.82, 2.24) is 0 Å². The van der Waals surface area contributed by atoms with E-state index in [0.717, 1.165) is 4.90 Å². The van der Waals surface area contributed by atoms with Crippen LogP contribution in [-0.2, 0) is 0 Å². The van der Waals surface area contributed by atoms with Crippen LogP contribution >= 0.6 is 11.8 Å². The molecule has 2 aromatic carbocycles. The second-order valence-corrected chi connectivity index (χ2v) is 5.63. The fourth-order valence-corrected chi connectivity index (χ4v) is 2.63. The Labute approximate surface area is 141 Å². The molecule has 0 saturated carbocycles. The number of nitrogens with one attached hydrogen (secondary N) is 2. The molecule has 9 heteroatoms. The first kappa shape index (κ1) is 17.0. The van der Waals surface area contributed by atoms with Crippen molar-refractivity contribution in [3.05, 3.63) is 58.6 Å². The van der Waals surface area contributed by atoms with Crippen molar-refractivity contribution >= 4 is 34.7 Å². The SMILES string of the molecule is N#C/C(=N\Nc1cc(Sc2ccccc2)cc([N+](=O)[O-])c1)C(=N)N. The number of benzene rings is 2. The summed E-state index contributed by atoms with van der Waals surface area (Å²) in [5.74, 6) is -0.491. The second-order valence-electron chi connectivity index (χ2n) is 4.49. The van der Waals surface area contributed by atoms with Gasteiger partial charge in [-0.2, -0.15) is 10.4 Å². The third-order valence-electron chi connectivity index (χ3n) is 2.74. The zero-order valence-corrected chi connectivity index (χ0v) is 13.1. The average Bonchev–Trinajstić information content (AvgIpc) is 2.56. The lowest BCUT2D eigenvalue weighted by Gasteiger charge is -2.06. The highest BCUT2D eigenvalue weighted by Gasteiger charge is 2.11. The minimum absolute atomic E-state index is 0.116. The van der Waals surface area contributed by atoms with Crippen LogP contribution < -0.4 is 11.2 Å². The highest BCUT2D eigenvalue weighted by molar-refractivity contribution is 7.99. The molecule has 8 nitrogen and oxygen atoms in total. The second kappa shape index (κ2) is 7.75. The molecular formula is C15H12N6O2S. The molecule has 0 spiro atoms. The Bertz CT molecular complexity index is 845. The van der Waals surface area contributed by atoms with Crippen LogP contribution in [0.5, 0.6) is 0 Å². The van der Waals surface area contributed by atoms with Gasteiger partial charge in [-0.05, 0) is 18.2 Å². The molecule has 0 unspecified atom stereocenters. The van der Waals surface area contributed by atoms with Crippen LogP contribution in [0.3, 0.4) is 0 Å². The number of nitro groups is 1. The van der Waals surface area contributed by atoms with Crippen LogP contribution in [0, 0.1) is 26.9 Å². The van der Waals surface area contributed by atoms with E-state index in [1.54, 1.807) is 12.1 Å². The van der Waals surface area contributed by atoms with Crippen molar-refractivity contribution in [3.63, 3.8) is 0 Å². The minimum atomic E-state index is -0.514. The minimum Gasteiger partial charge on any atom is -0.382 e. The van der Waals surface area contributed by atoms with E-state index in [-0.39, 0.29) is 11.4 Å². The molecule has 0 aliphatic rings. The molecule has 0 aliphatic heterocycles. The molecule has 4 N–H and O–H groups in total. The first-order valence-corrected chi connectivity index (χ1v) is 7.42. The van der Waals surface area contributed by atoms with Gasteiger partial charge < -0.3 is 5.73 Å². The lowest BCUT2D eigenvalue weighted by molar-refractivity contribution is -0.385. The highest BCUT2D eigenvalue weighted by Crippen LogP contribution is 2.32. The summed E-state index contributed by atoms with van der Waals surface area (Å²) in [6.07, 6.45) is 0. The molecule has 0 atom stereocenters. The number of hydrazone groups is 1. The Hall–Kier alpha value is -3.38. The van der Waals surface area contributed by atoms with Crippen molar-refractivity contribution < 1.29 is 4.92 Å². The first-order chi connectivity index (χ1) is 11.5. The number of non-ortho nitro benzene ring substituents is 1. The van der Waals surface area contributed by atoms with E-state index in [9.17, 15) is 10.1 Å². The number of nitrogens with zero attached hydrogens (tertiary/aromatic N) is 3. The molecule has 120 valence electrons. The normalized spacial score (nSPS) is 10.7. The number of amidine groups is 1. The number of rotatable bonds is 6. The molecule has 0 aromatic heterocycles. The summed E-state index contributed by atoms with van der Waals surface area (Å²) in [7, 11) is 0. The van der Waals surface area contributed by atoms with Crippen LogP contribution in [0.2, 0.25) is 0 Å². The number of nitro benzene ring substituents is 1. The van der Waals surface area contributed by atoms with E-state index in [1.807, 2.05) is 30.3 Å². The van der Waals surface area contributed by atoms with Crippen molar-refractivity contribution in [3.8, 4) is 6.07 Å². The summed E-state index contributed by atoms with van der Waals surface area (Å²) in [4.78, 5) is 12.1. The smallest absolute Gasteiger partial charge is 0.272 e. The van der Waals surface area contributed by atoms with Gasteiger partial charge in [0.1, 0.15) is 6.07 Å². The molecule has 0 radical (unpaired) electrons. The summed E-state index contributed by atoms with van der Waals surface area (Å²) in [5.41, 5.74) is 7.62. The van der Waals surface area contributed by atoms with E-state index >= 15 is 0 Å². The molecule has 0 aliphatic carbocycles. The van der Waals surface area contributed by atoms with Gasteiger partial charge in [-0.15, -0.1) is 0 Å². The molecule has 0 heterocycles. The summed E-state index contributed by atoms with van der Waals surface area (Å²) in [6, 6.07) is 15.4. The van der Waals surface area contributed by atoms with Crippen LogP contribution in [0.25, 0.3) is 0 Å². The molecule has 0 saturated heterocycles. The third-order valence-corrected chi connectivity index (χ3v) is 3.72. The predicted octanol–water partition coefficient (Wildman–Crippen LogP) is 2.97. The van der Waals surface area contributed by atoms with Gasteiger partial charge >= 0.3 is 0 Å². The molecule has 2 aromatic rings. The van der Waals surface area contributed by atoms with Crippen LogP contribution in [0.1, 0.15) is 0 Å². The maximum absolute atomic E-state index is 11.1. The highest BCUT2D eigenvalue weighted by atomic mass is 32.2. The van der Waals surface area contributed by atoms with Crippen LogP contribution in [0.4, 0.5) is 11.4 Å². The average molecular weight is 340 g/mol.